The molecule has 0 rings (SSSR count). The molecule has 6 N–H and O–H groups in total. The molecule has 0 bridgehead atoms. The van der Waals surface area contributed by atoms with Crippen LogP contribution >= 0.6 is 0 Å². The second kappa shape index (κ2) is 6.37. The summed E-state index contributed by atoms with van der Waals surface area (Å²) in [6, 6.07) is 1.11. The van der Waals surface area contributed by atoms with Gasteiger partial charge in [0, 0.05) is 6.04 Å². The Morgan fingerprint density at radius 2 is 2.36 bits per heavy atom. The molecule has 0 amide bonds. The van der Waals surface area contributed by atoms with Crippen molar-refractivity contribution in [2.24, 2.45) is 16.5 Å². The van der Waals surface area contributed by atoms with Gasteiger partial charge in [-0.15, -0.1) is 0 Å². The number of rotatable bonds is 5. The highest BCUT2D eigenvalue weighted by Gasteiger charge is 2.10. The molecule has 0 aliphatic carbocycles. The highest BCUT2D eigenvalue weighted by Crippen LogP contribution is 1.87. The van der Waals surface area contributed by atoms with Gasteiger partial charge in [-0.25, -0.2) is 9.79 Å². The Morgan fingerprint density at radius 3 is 2.79 bits per heavy atom. The molecule has 0 aromatic rings. The maximum atomic E-state index is 10.5. The number of nitrogens with zero attached hydrogens (tertiary/aromatic N) is 1. The molecule has 6 nitrogen and oxygen atoms in total. The first-order valence-electron chi connectivity index (χ1n) is 3.74. The number of nitrogens with two attached hydrogens (primary N) is 2. The van der Waals surface area contributed by atoms with Crippen LogP contribution in [0.4, 0.5) is 0 Å². The van der Waals surface area contributed by atoms with Gasteiger partial charge in [-0.3, -0.25) is 0 Å². The molecule has 0 saturated carbocycles. The minimum Gasteiger partial charge on any atom is -0.479 e. The maximum Gasteiger partial charge on any atom is 0.330 e. The van der Waals surface area contributed by atoms with Gasteiger partial charge >= 0.3 is 5.97 Å². The second-order valence-electron chi connectivity index (χ2n) is 2.30. The van der Waals surface area contributed by atoms with E-state index in [0.29, 0.717) is 0 Å². The maximum absolute atomic E-state index is 10.5. The Morgan fingerprint density at radius 1 is 1.71 bits per heavy atom. The molecule has 76 valence electrons. The zero-order chi connectivity index (χ0) is 11.0. The van der Waals surface area contributed by atoms with Crippen molar-refractivity contribution >= 4 is 11.9 Å². The summed E-state index contributed by atoms with van der Waals surface area (Å²) in [5.74, 6) is -1.12. The normalized spacial score (nSPS) is 11.6. The number of aliphatic imine (C=N–C) groups is 1. The molecule has 0 heterocycles. The van der Waals surface area contributed by atoms with Crippen molar-refractivity contribution in [1.82, 2.24) is 5.32 Å². The van der Waals surface area contributed by atoms with E-state index >= 15 is 0 Å². The molecule has 1 atom stereocenters. The summed E-state index contributed by atoms with van der Waals surface area (Å²) < 4.78 is 0. The summed E-state index contributed by atoms with van der Waals surface area (Å²) in [6.45, 7) is 0.221. The van der Waals surface area contributed by atoms with E-state index in [-0.39, 0.29) is 12.5 Å². The van der Waals surface area contributed by atoms with E-state index in [0.717, 1.165) is 0 Å². The molecule has 0 aliphatic heterocycles. The fourth-order valence-corrected chi connectivity index (χ4v) is 0.637. The second-order valence-corrected chi connectivity index (χ2v) is 2.30. The third-order valence-electron chi connectivity index (χ3n) is 1.21. The molecular weight excluding hydrogens is 184 g/mol. The van der Waals surface area contributed by atoms with Crippen molar-refractivity contribution in [1.29, 1.82) is 0 Å². The van der Waals surface area contributed by atoms with Crippen molar-refractivity contribution in [3.05, 3.63) is 12.2 Å². The predicted molar refractivity (Wildman–Crippen MR) is 53.2 cm³/mol. The van der Waals surface area contributed by atoms with Crippen LogP contribution in [-0.2, 0) is 4.79 Å². The summed E-state index contributed by atoms with van der Waals surface area (Å²) >= 11 is 0. The van der Waals surface area contributed by atoms with Gasteiger partial charge in [0.05, 0.1) is 6.54 Å². The van der Waals surface area contributed by atoms with Crippen LogP contribution in [0.3, 0.4) is 0 Å². The summed E-state index contributed by atoms with van der Waals surface area (Å²) in [5.41, 5.74) is 10.1. The van der Waals surface area contributed by atoms with Gasteiger partial charge in [0.25, 0.3) is 0 Å². The number of carboxylic acids is 1. The molecule has 14 heavy (non-hydrogen) atoms. The molecular formula is C8H12N4O2. The third kappa shape index (κ3) is 5.49. The van der Waals surface area contributed by atoms with E-state index in [1.54, 1.807) is 0 Å². The number of carbonyl (C=O) groups is 1. The van der Waals surface area contributed by atoms with Crippen molar-refractivity contribution < 1.29 is 9.90 Å². The number of carboxylic acid groups (broad SMARTS) is 1. The first-order valence-corrected chi connectivity index (χ1v) is 3.74. The number of nitrogens with one attached hydrogen (secondary N) is 1. The number of hydrogen-bond acceptors (Lipinski definition) is 3. The number of terminal acetylenes is 1. The van der Waals surface area contributed by atoms with Gasteiger partial charge in [-0.2, -0.15) is 0 Å². The van der Waals surface area contributed by atoms with Gasteiger partial charge in [0.1, 0.15) is 6.04 Å². The summed E-state index contributed by atoms with van der Waals surface area (Å²) in [6.07, 6.45) is 7.77. The fourth-order valence-electron chi connectivity index (χ4n) is 0.637. The first-order chi connectivity index (χ1) is 6.57. The number of hydrogen-bond donors (Lipinski definition) is 4. The van der Waals surface area contributed by atoms with E-state index in [4.69, 9.17) is 23.0 Å². The highest BCUT2D eigenvalue weighted by molar-refractivity contribution is 5.76. The lowest BCUT2D eigenvalue weighted by atomic mass is 10.3. The largest absolute Gasteiger partial charge is 0.479 e. The smallest absolute Gasteiger partial charge is 0.330 e. The van der Waals surface area contributed by atoms with E-state index in [9.17, 15) is 4.79 Å². The molecule has 0 spiro atoms. The number of guanidine groups is 1. The van der Waals surface area contributed by atoms with E-state index < -0.39 is 12.0 Å². The Hall–Kier alpha value is -2.16. The van der Waals surface area contributed by atoms with Crippen LogP contribution in [0.2, 0.25) is 0 Å². The van der Waals surface area contributed by atoms with Crippen LogP contribution in [0.15, 0.2) is 17.1 Å². The minimum atomic E-state index is -1.07. The summed E-state index contributed by atoms with van der Waals surface area (Å²) in [5, 5.41) is 10.9. The number of aliphatic carboxylic acids is 1. The molecule has 0 saturated heterocycles. The molecule has 0 aromatic carbocycles. The van der Waals surface area contributed by atoms with Gasteiger partial charge in [-0.05, 0) is 0 Å². The zero-order valence-electron chi connectivity index (χ0n) is 7.47. The quantitative estimate of drug-likeness (QED) is 0.140. The lowest BCUT2D eigenvalue weighted by Crippen LogP contribution is -2.31. The molecule has 0 aliphatic rings. The average Bonchev–Trinajstić information content (AvgIpc) is 2.09. The Bertz CT molecular complexity index is 286. The summed E-state index contributed by atoms with van der Waals surface area (Å²) in [4.78, 5) is 14.2. The van der Waals surface area contributed by atoms with Crippen LogP contribution in [-0.4, -0.2) is 29.6 Å². The Balaban J connectivity index is 4.11. The van der Waals surface area contributed by atoms with Crippen molar-refractivity contribution in [2.75, 3.05) is 6.54 Å². The van der Waals surface area contributed by atoms with Crippen LogP contribution in [0.25, 0.3) is 0 Å². The topological polar surface area (TPSA) is 114 Å². The lowest BCUT2D eigenvalue weighted by Gasteiger charge is -2.03. The molecule has 6 heteroatoms. The van der Waals surface area contributed by atoms with E-state index in [1.807, 2.05) is 6.04 Å². The Labute approximate surface area is 81.7 Å². The molecule has 0 radical (unpaired) electrons. The molecule has 1 unspecified atom stereocenters. The van der Waals surface area contributed by atoms with Crippen molar-refractivity contribution in [3.63, 3.8) is 0 Å². The van der Waals surface area contributed by atoms with Crippen molar-refractivity contribution in [2.45, 2.75) is 6.04 Å². The van der Waals surface area contributed by atoms with Gasteiger partial charge in [0.15, 0.2) is 5.96 Å². The van der Waals surface area contributed by atoms with Gasteiger partial charge in [0.2, 0.25) is 0 Å². The highest BCUT2D eigenvalue weighted by atomic mass is 16.4. The minimum absolute atomic E-state index is 0.0496. The third-order valence-corrected chi connectivity index (χ3v) is 1.21. The van der Waals surface area contributed by atoms with Crippen LogP contribution < -0.4 is 16.8 Å². The molecule has 0 aromatic heterocycles. The first kappa shape index (κ1) is 11.8. The van der Waals surface area contributed by atoms with Crippen molar-refractivity contribution in [3.8, 4) is 12.5 Å². The molecule has 0 fully saturated rings. The average molecular weight is 196 g/mol. The van der Waals surface area contributed by atoms with Gasteiger partial charge < -0.3 is 21.9 Å². The monoisotopic (exact) mass is 196 g/mol. The fraction of sp³-hybridized carbons (Fsp3) is 0.250. The van der Waals surface area contributed by atoms with E-state index in [2.05, 4.69) is 10.3 Å². The predicted octanol–water partition coefficient (Wildman–Crippen LogP) is -1.55. The van der Waals surface area contributed by atoms with Crippen LogP contribution in [0.5, 0.6) is 0 Å². The SMILES string of the molecule is C#CNC(C=CCN=C(N)N)C(=O)O. The van der Waals surface area contributed by atoms with Gasteiger partial charge in [-0.1, -0.05) is 18.6 Å². The lowest BCUT2D eigenvalue weighted by molar-refractivity contribution is -0.137. The van der Waals surface area contributed by atoms with Crippen LogP contribution in [0, 0.1) is 12.5 Å². The van der Waals surface area contributed by atoms with E-state index in [1.165, 1.54) is 12.2 Å². The Kier molecular flexibility index (Phi) is 5.38. The summed E-state index contributed by atoms with van der Waals surface area (Å²) in [7, 11) is 0. The standard InChI is InChI=1S/C8H12N4O2/c1-2-11-6(7(13)14)4-3-5-12-8(9)10/h1,3-4,6,11H,5H2,(H,13,14)(H4,9,10,12). The zero-order valence-corrected chi connectivity index (χ0v) is 7.47. The van der Waals surface area contributed by atoms with Crippen LogP contribution in [0.1, 0.15) is 0 Å².